The second-order valence-corrected chi connectivity index (χ2v) is 5.59. The van der Waals surface area contributed by atoms with Crippen LogP contribution in [-0.4, -0.2) is 4.98 Å². The Hall–Kier alpha value is -2.13. The van der Waals surface area contributed by atoms with Crippen LogP contribution in [0.15, 0.2) is 46.9 Å². The van der Waals surface area contributed by atoms with Gasteiger partial charge in [0.25, 0.3) is 0 Å². The molecule has 0 radical (unpaired) electrons. The van der Waals surface area contributed by atoms with Gasteiger partial charge in [0, 0.05) is 12.5 Å². The van der Waals surface area contributed by atoms with Gasteiger partial charge in [-0.2, -0.15) is 0 Å². The van der Waals surface area contributed by atoms with Crippen molar-refractivity contribution >= 4 is 11.1 Å². The van der Waals surface area contributed by atoms with Gasteiger partial charge in [0.05, 0.1) is 0 Å². The van der Waals surface area contributed by atoms with Crippen molar-refractivity contribution < 1.29 is 4.42 Å². The van der Waals surface area contributed by atoms with Gasteiger partial charge < -0.3 is 10.2 Å². The lowest BCUT2D eigenvalue weighted by molar-refractivity contribution is 0.500. The van der Waals surface area contributed by atoms with E-state index in [1.54, 1.807) is 0 Å². The zero-order valence-electron chi connectivity index (χ0n) is 12.5. The predicted molar refractivity (Wildman–Crippen MR) is 85.2 cm³/mol. The van der Waals surface area contributed by atoms with Crippen LogP contribution in [0.5, 0.6) is 0 Å². The third kappa shape index (κ3) is 2.98. The van der Waals surface area contributed by atoms with Crippen LogP contribution in [0.3, 0.4) is 0 Å². The molecule has 2 N–H and O–H groups in total. The molecule has 1 aromatic heterocycles. The summed E-state index contributed by atoms with van der Waals surface area (Å²) < 4.78 is 5.87. The molecule has 0 saturated carbocycles. The molecular formula is C18H20N2O. The summed E-state index contributed by atoms with van der Waals surface area (Å²) in [6, 6.07) is 14.3. The number of benzene rings is 2. The highest BCUT2D eigenvalue weighted by molar-refractivity contribution is 5.77. The van der Waals surface area contributed by atoms with E-state index < -0.39 is 0 Å². The Morgan fingerprint density at radius 1 is 1.14 bits per heavy atom. The molecular weight excluding hydrogens is 260 g/mol. The van der Waals surface area contributed by atoms with Gasteiger partial charge in [0.2, 0.25) is 0 Å². The molecule has 2 aromatic carbocycles. The zero-order chi connectivity index (χ0) is 14.8. The molecule has 0 saturated heterocycles. The first kappa shape index (κ1) is 13.8. The van der Waals surface area contributed by atoms with E-state index in [0.29, 0.717) is 0 Å². The molecule has 108 valence electrons. The van der Waals surface area contributed by atoms with E-state index >= 15 is 0 Å². The lowest BCUT2D eigenvalue weighted by atomic mass is 10.0. The molecule has 1 heterocycles. The Morgan fingerprint density at radius 3 is 2.67 bits per heavy atom. The van der Waals surface area contributed by atoms with Crippen molar-refractivity contribution in [1.82, 2.24) is 4.98 Å². The van der Waals surface area contributed by atoms with Gasteiger partial charge in [-0.05, 0) is 43.0 Å². The van der Waals surface area contributed by atoms with Crippen molar-refractivity contribution in [3.63, 3.8) is 0 Å². The molecule has 3 aromatic rings. The van der Waals surface area contributed by atoms with E-state index in [0.717, 1.165) is 41.0 Å². The summed E-state index contributed by atoms with van der Waals surface area (Å²) in [6.45, 7) is 4.13. The first-order valence-corrected chi connectivity index (χ1v) is 7.30. The van der Waals surface area contributed by atoms with Crippen LogP contribution in [0.2, 0.25) is 0 Å². The van der Waals surface area contributed by atoms with Gasteiger partial charge >= 0.3 is 0 Å². The summed E-state index contributed by atoms with van der Waals surface area (Å²) in [6.07, 6.45) is 1.58. The molecule has 3 heteroatoms. The van der Waals surface area contributed by atoms with E-state index in [1.807, 2.05) is 18.2 Å². The van der Waals surface area contributed by atoms with Crippen LogP contribution >= 0.6 is 0 Å². The average molecular weight is 280 g/mol. The van der Waals surface area contributed by atoms with Gasteiger partial charge in [-0.15, -0.1) is 0 Å². The largest absolute Gasteiger partial charge is 0.440 e. The summed E-state index contributed by atoms with van der Waals surface area (Å²) in [5.74, 6) is 0.769. The van der Waals surface area contributed by atoms with E-state index in [2.05, 4.69) is 43.1 Å². The number of oxazole rings is 1. The number of rotatable bonds is 4. The molecule has 0 aliphatic rings. The van der Waals surface area contributed by atoms with Crippen LogP contribution in [0.25, 0.3) is 11.1 Å². The van der Waals surface area contributed by atoms with Crippen LogP contribution in [0, 0.1) is 13.8 Å². The quantitative estimate of drug-likeness (QED) is 0.783. The number of nitrogens with zero attached hydrogens (tertiary/aromatic N) is 1. The molecule has 0 aliphatic carbocycles. The lowest BCUT2D eigenvalue weighted by Gasteiger charge is -2.10. The zero-order valence-corrected chi connectivity index (χ0v) is 12.5. The third-order valence-electron chi connectivity index (χ3n) is 3.76. The van der Waals surface area contributed by atoms with Crippen molar-refractivity contribution in [1.29, 1.82) is 0 Å². The molecule has 0 amide bonds. The Kier molecular flexibility index (Phi) is 3.76. The summed E-state index contributed by atoms with van der Waals surface area (Å²) in [4.78, 5) is 4.58. The maximum absolute atomic E-state index is 6.22. The summed E-state index contributed by atoms with van der Waals surface area (Å²) in [5, 5.41) is 0. The molecule has 0 spiro atoms. The average Bonchev–Trinajstić information content (AvgIpc) is 2.89. The van der Waals surface area contributed by atoms with E-state index in [4.69, 9.17) is 10.2 Å². The second kappa shape index (κ2) is 5.70. The van der Waals surface area contributed by atoms with Crippen molar-refractivity contribution in [2.75, 3.05) is 0 Å². The minimum Gasteiger partial charge on any atom is -0.440 e. The smallest absolute Gasteiger partial charge is 0.195 e. The van der Waals surface area contributed by atoms with E-state index in [1.165, 1.54) is 5.56 Å². The van der Waals surface area contributed by atoms with E-state index in [9.17, 15) is 0 Å². The van der Waals surface area contributed by atoms with Crippen molar-refractivity contribution in [2.45, 2.75) is 32.7 Å². The van der Waals surface area contributed by atoms with Crippen molar-refractivity contribution in [3.8, 4) is 0 Å². The fourth-order valence-electron chi connectivity index (χ4n) is 2.68. The Balaban J connectivity index is 1.75. The molecule has 1 atom stereocenters. The van der Waals surface area contributed by atoms with Crippen LogP contribution in [0.4, 0.5) is 0 Å². The number of aryl methyl sites for hydroxylation is 3. The van der Waals surface area contributed by atoms with Crippen LogP contribution in [-0.2, 0) is 6.42 Å². The molecule has 3 nitrogen and oxygen atoms in total. The number of nitrogens with two attached hydrogens (primary N) is 1. The normalized spacial score (nSPS) is 12.7. The first-order chi connectivity index (χ1) is 10.1. The molecule has 0 aliphatic heterocycles. The van der Waals surface area contributed by atoms with Crippen LogP contribution < -0.4 is 5.73 Å². The fourth-order valence-corrected chi connectivity index (χ4v) is 2.68. The third-order valence-corrected chi connectivity index (χ3v) is 3.76. The molecule has 3 rings (SSSR count). The highest BCUT2D eigenvalue weighted by Crippen LogP contribution is 2.23. The Morgan fingerprint density at radius 2 is 1.90 bits per heavy atom. The van der Waals surface area contributed by atoms with Gasteiger partial charge in [0.1, 0.15) is 5.52 Å². The number of hydrogen-bond acceptors (Lipinski definition) is 3. The topological polar surface area (TPSA) is 52.0 Å². The molecule has 0 fully saturated rings. The SMILES string of the molecule is Cc1cc(C)c2oc(CCC(N)c3ccccc3)nc2c1. The van der Waals surface area contributed by atoms with Crippen LogP contribution in [0.1, 0.15) is 35.0 Å². The molecule has 21 heavy (non-hydrogen) atoms. The van der Waals surface area contributed by atoms with E-state index in [-0.39, 0.29) is 6.04 Å². The minimum atomic E-state index is 0.0176. The summed E-state index contributed by atoms with van der Waals surface area (Å²) >= 11 is 0. The maximum atomic E-state index is 6.22. The standard InChI is InChI=1S/C18H20N2O/c1-12-10-13(2)18-16(11-12)20-17(21-18)9-8-15(19)14-6-4-3-5-7-14/h3-7,10-11,15H,8-9,19H2,1-2H3. The Labute approximate surface area is 124 Å². The minimum absolute atomic E-state index is 0.0176. The number of fused-ring (bicyclic) bond motifs is 1. The van der Waals surface area contributed by atoms with Gasteiger partial charge in [-0.1, -0.05) is 36.4 Å². The van der Waals surface area contributed by atoms with Crippen molar-refractivity contribution in [3.05, 3.63) is 65.0 Å². The summed E-state index contributed by atoms with van der Waals surface area (Å²) in [5.41, 5.74) is 11.6. The van der Waals surface area contributed by atoms with Gasteiger partial charge in [0.15, 0.2) is 11.5 Å². The number of aromatic nitrogens is 1. The molecule has 1 unspecified atom stereocenters. The van der Waals surface area contributed by atoms with Gasteiger partial charge in [-0.3, -0.25) is 0 Å². The first-order valence-electron chi connectivity index (χ1n) is 7.30. The lowest BCUT2D eigenvalue weighted by Crippen LogP contribution is -2.11. The van der Waals surface area contributed by atoms with Crippen molar-refractivity contribution in [2.24, 2.45) is 5.73 Å². The predicted octanol–water partition coefficient (Wildman–Crippen LogP) is 4.08. The fraction of sp³-hybridized carbons (Fsp3) is 0.278. The maximum Gasteiger partial charge on any atom is 0.195 e. The second-order valence-electron chi connectivity index (χ2n) is 5.59. The monoisotopic (exact) mass is 280 g/mol. The van der Waals surface area contributed by atoms with Gasteiger partial charge in [-0.25, -0.2) is 4.98 Å². The number of hydrogen-bond donors (Lipinski definition) is 1. The molecule has 0 bridgehead atoms. The summed E-state index contributed by atoms with van der Waals surface area (Å²) in [7, 11) is 0. The Bertz CT molecular complexity index is 747. The highest BCUT2D eigenvalue weighted by Gasteiger charge is 2.11. The highest BCUT2D eigenvalue weighted by atomic mass is 16.3.